The molecule has 0 aliphatic heterocycles. The van der Waals surface area contributed by atoms with Gasteiger partial charge in [0.25, 0.3) is 6.03 Å². The van der Waals surface area contributed by atoms with Crippen LogP contribution in [0.15, 0.2) is 0 Å². The summed E-state index contributed by atoms with van der Waals surface area (Å²) in [6.07, 6.45) is 0. The summed E-state index contributed by atoms with van der Waals surface area (Å²) in [7, 11) is -14.1. The van der Waals surface area contributed by atoms with Crippen LogP contribution in [0.4, 0.5) is 0 Å². The zero-order chi connectivity index (χ0) is 11.6. The molecule has 0 aliphatic carbocycles. The highest BCUT2D eigenvalue weighted by Gasteiger charge is 2.33. The zero-order valence-corrected chi connectivity index (χ0v) is 8.84. The molecule has 84 valence electrons. The normalized spacial score (nSPS) is 13.2. The summed E-state index contributed by atoms with van der Waals surface area (Å²) in [6.45, 7) is 0. The van der Waals surface area contributed by atoms with Gasteiger partial charge in [-0.25, -0.2) is 27.3 Å². The van der Waals surface area contributed by atoms with E-state index >= 15 is 0 Å². The molecule has 0 heterocycles. The van der Waals surface area contributed by atoms with Crippen molar-refractivity contribution < 1.29 is 46.9 Å². The molecule has 0 aliphatic rings. The lowest BCUT2D eigenvalue weighted by Gasteiger charge is -2.11. The molecule has 0 fully saturated rings. The third-order valence-electron chi connectivity index (χ3n) is 0.627. The van der Waals surface area contributed by atoms with E-state index in [-0.39, 0.29) is 0 Å². The first-order valence-corrected chi connectivity index (χ1v) is 6.93. The van der Waals surface area contributed by atoms with E-state index in [0.717, 1.165) is 0 Å². The Morgan fingerprint density at radius 1 is 0.929 bits per heavy atom. The highest BCUT2D eigenvalue weighted by molar-refractivity contribution is 7.48. The minimum atomic E-state index is -5.21. The molecule has 0 spiro atoms. The largest absolute Gasteiger partial charge is 0.472 e. The van der Waals surface area contributed by atoms with Crippen LogP contribution in [0, 0.1) is 0 Å². The predicted octanol–water partition coefficient (Wildman–Crippen LogP) is -0.339. The van der Waals surface area contributed by atoms with E-state index in [2.05, 4.69) is 9.05 Å². The molecule has 0 unspecified atom stereocenters. The number of phosphoric acid groups is 2. The number of rotatable bonds is 5. The molecule has 0 amide bonds. The Labute approximate surface area is 77.2 Å². The van der Waals surface area contributed by atoms with Crippen LogP contribution in [0.25, 0.3) is 0 Å². The SMILES string of the molecule is O=P(=O)C(OP(=O)(O)O)OP(=O)(O)O. The number of hydrogen-bond acceptors (Lipinski definition) is 6. The maximum absolute atomic E-state index is 10.2. The molecule has 10 nitrogen and oxygen atoms in total. The summed E-state index contributed by atoms with van der Waals surface area (Å²) >= 11 is 0. The van der Waals surface area contributed by atoms with Gasteiger partial charge in [0.05, 0.1) is 0 Å². The van der Waals surface area contributed by atoms with Gasteiger partial charge in [0, 0.05) is 0 Å². The van der Waals surface area contributed by atoms with Crippen LogP contribution in [0.1, 0.15) is 0 Å². The van der Waals surface area contributed by atoms with Crippen molar-refractivity contribution in [2.24, 2.45) is 0 Å². The Morgan fingerprint density at radius 3 is 1.36 bits per heavy atom. The molecule has 0 aromatic heterocycles. The van der Waals surface area contributed by atoms with Crippen molar-refractivity contribution in [3.63, 3.8) is 0 Å². The first kappa shape index (κ1) is 14.1. The molecule has 0 aromatic rings. The number of hydrogen-bond donors (Lipinski definition) is 4. The first-order chi connectivity index (χ1) is 6.01. The van der Waals surface area contributed by atoms with E-state index in [1.54, 1.807) is 0 Å². The molecule has 14 heavy (non-hydrogen) atoms. The predicted molar refractivity (Wildman–Crippen MR) is 38.3 cm³/mol. The van der Waals surface area contributed by atoms with Gasteiger partial charge in [-0.2, -0.15) is 0 Å². The average molecular weight is 270 g/mol. The van der Waals surface area contributed by atoms with Crippen LogP contribution in [-0.4, -0.2) is 25.6 Å². The van der Waals surface area contributed by atoms with Gasteiger partial charge in [0.1, 0.15) is 0 Å². The lowest BCUT2D eigenvalue weighted by Crippen LogP contribution is -2.08. The van der Waals surface area contributed by atoms with Gasteiger partial charge in [0.15, 0.2) is 0 Å². The summed E-state index contributed by atoms with van der Waals surface area (Å²) in [5.41, 5.74) is 0. The van der Waals surface area contributed by atoms with E-state index in [9.17, 15) is 18.3 Å². The molecule has 0 rings (SSSR count). The van der Waals surface area contributed by atoms with Crippen LogP contribution in [0.5, 0.6) is 0 Å². The molecule has 4 N–H and O–H groups in total. The van der Waals surface area contributed by atoms with Crippen molar-refractivity contribution >= 4 is 23.3 Å². The monoisotopic (exact) mass is 270 g/mol. The lowest BCUT2D eigenvalue weighted by atomic mass is 11.5. The molecular formula is CH5O10P3. The average Bonchev–Trinajstić information content (AvgIpc) is 1.78. The van der Waals surface area contributed by atoms with Gasteiger partial charge in [-0.05, 0) is 0 Å². The van der Waals surface area contributed by atoms with E-state index in [0.29, 0.717) is 0 Å². The van der Waals surface area contributed by atoms with Crippen molar-refractivity contribution in [3.05, 3.63) is 0 Å². The van der Waals surface area contributed by atoms with Crippen LogP contribution in [-0.2, 0) is 27.3 Å². The van der Waals surface area contributed by atoms with E-state index in [1.165, 1.54) is 0 Å². The summed E-state index contributed by atoms with van der Waals surface area (Å²) in [6, 6.07) is -2.70. The Bertz CT molecular complexity index is 308. The van der Waals surface area contributed by atoms with Gasteiger partial charge in [-0.1, -0.05) is 0 Å². The van der Waals surface area contributed by atoms with E-state index < -0.39 is 29.4 Å². The van der Waals surface area contributed by atoms with Crippen LogP contribution < -0.4 is 0 Å². The molecular weight excluding hydrogens is 265 g/mol. The maximum Gasteiger partial charge on any atom is 0.472 e. The summed E-state index contributed by atoms with van der Waals surface area (Å²) in [4.78, 5) is 32.5. The minimum Gasteiger partial charge on any atom is -0.303 e. The molecule has 0 saturated carbocycles. The van der Waals surface area contributed by atoms with Gasteiger partial charge in [-0.3, -0.25) is 0 Å². The van der Waals surface area contributed by atoms with Gasteiger partial charge in [0.2, 0.25) is 0 Å². The Kier molecular flexibility index (Phi) is 4.80. The molecule has 0 bridgehead atoms. The summed E-state index contributed by atoms with van der Waals surface area (Å²) in [5.74, 6) is 0. The summed E-state index contributed by atoms with van der Waals surface area (Å²) in [5, 5.41) is 0. The molecule has 0 saturated heterocycles. The van der Waals surface area contributed by atoms with Crippen LogP contribution in [0.3, 0.4) is 0 Å². The van der Waals surface area contributed by atoms with E-state index in [4.69, 9.17) is 19.6 Å². The summed E-state index contributed by atoms with van der Waals surface area (Å²) < 4.78 is 47.4. The second-order valence-corrected chi connectivity index (χ2v) is 5.16. The van der Waals surface area contributed by atoms with Crippen LogP contribution >= 0.6 is 23.3 Å². The van der Waals surface area contributed by atoms with Crippen molar-refractivity contribution in [2.75, 3.05) is 0 Å². The quantitative estimate of drug-likeness (QED) is 0.383. The maximum atomic E-state index is 10.2. The molecule has 0 aromatic carbocycles. The fourth-order valence-corrected chi connectivity index (χ4v) is 2.31. The topological polar surface area (TPSA) is 168 Å². The second kappa shape index (κ2) is 4.76. The molecule has 0 radical (unpaired) electrons. The first-order valence-electron chi connectivity index (χ1n) is 2.63. The van der Waals surface area contributed by atoms with Gasteiger partial charge in [-0.15, -0.1) is 0 Å². The minimum absolute atomic E-state index is 2.70. The zero-order valence-electron chi connectivity index (χ0n) is 6.16. The van der Waals surface area contributed by atoms with Crippen molar-refractivity contribution in [1.82, 2.24) is 0 Å². The Balaban J connectivity index is 4.65. The number of phosphoric ester groups is 2. The van der Waals surface area contributed by atoms with Gasteiger partial charge >= 0.3 is 23.3 Å². The second-order valence-electron chi connectivity index (χ2n) is 1.78. The van der Waals surface area contributed by atoms with E-state index in [1.807, 2.05) is 0 Å². The van der Waals surface area contributed by atoms with Gasteiger partial charge < -0.3 is 19.6 Å². The lowest BCUT2D eigenvalue weighted by molar-refractivity contribution is 0.0224. The van der Waals surface area contributed by atoms with Crippen molar-refractivity contribution in [1.29, 1.82) is 0 Å². The smallest absolute Gasteiger partial charge is 0.303 e. The van der Waals surface area contributed by atoms with Crippen molar-refractivity contribution in [3.8, 4) is 0 Å². The standard InChI is InChI=1S/CH5O10P3/c2-12(3)1(10-13(4,5)6)11-14(7,8)9/h1H,(H2,4,5,6)(H2,7,8,9). The third-order valence-corrected chi connectivity index (χ3v) is 2.45. The highest BCUT2D eigenvalue weighted by Crippen LogP contribution is 2.47. The Morgan fingerprint density at radius 2 is 1.21 bits per heavy atom. The van der Waals surface area contributed by atoms with Crippen molar-refractivity contribution in [2.45, 2.75) is 6.03 Å². The fourth-order valence-electron chi connectivity index (χ4n) is 0.331. The Hall–Kier alpha value is 0.120. The fraction of sp³-hybridized carbons (Fsp3) is 1.00. The third kappa shape index (κ3) is 7.52. The highest BCUT2D eigenvalue weighted by atomic mass is 31.2. The molecule has 13 heteroatoms. The van der Waals surface area contributed by atoms with Crippen LogP contribution in [0.2, 0.25) is 0 Å². The molecule has 0 atom stereocenters.